The molecule has 0 amide bonds. The van der Waals surface area contributed by atoms with Gasteiger partial charge in [-0.2, -0.15) is 0 Å². The van der Waals surface area contributed by atoms with E-state index in [1.54, 1.807) is 0 Å². The predicted molar refractivity (Wildman–Crippen MR) is 92.6 cm³/mol. The van der Waals surface area contributed by atoms with E-state index in [1.165, 1.54) is 12.8 Å². The summed E-state index contributed by atoms with van der Waals surface area (Å²) in [6, 6.07) is 0. The Bertz CT molecular complexity index is 342. The Morgan fingerprint density at radius 2 is 1.05 bits per heavy atom. The topological polar surface area (TPSA) is 40.5 Å². The van der Waals surface area contributed by atoms with Crippen LogP contribution in [0, 0.1) is 34.5 Å². The van der Waals surface area contributed by atoms with E-state index in [2.05, 4.69) is 41.5 Å². The van der Waals surface area contributed by atoms with Crippen molar-refractivity contribution in [3.63, 3.8) is 0 Å². The first kappa shape index (κ1) is 18.3. The molecule has 2 heteroatoms. The monoisotopic (exact) mass is 310 g/mol. The summed E-state index contributed by atoms with van der Waals surface area (Å²) in [7, 11) is 0. The van der Waals surface area contributed by atoms with Crippen molar-refractivity contribution in [1.29, 1.82) is 0 Å². The van der Waals surface area contributed by atoms with Gasteiger partial charge in [-0.3, -0.25) is 0 Å². The first-order valence-corrected chi connectivity index (χ1v) is 9.46. The molecule has 2 rings (SSSR count). The summed E-state index contributed by atoms with van der Waals surface area (Å²) in [5, 5.41) is 21.3. The number of aliphatic hydroxyl groups excluding tert-OH is 2. The summed E-state index contributed by atoms with van der Waals surface area (Å²) in [6.45, 7) is 13.7. The zero-order chi connectivity index (χ0) is 16.7. The van der Waals surface area contributed by atoms with Crippen LogP contribution in [0.4, 0.5) is 0 Å². The molecule has 0 saturated heterocycles. The summed E-state index contributed by atoms with van der Waals surface area (Å²) in [4.78, 5) is 0. The van der Waals surface area contributed by atoms with Gasteiger partial charge in [0.15, 0.2) is 0 Å². The lowest BCUT2D eigenvalue weighted by molar-refractivity contribution is -0.115. The van der Waals surface area contributed by atoms with Crippen LogP contribution in [0.5, 0.6) is 0 Å². The van der Waals surface area contributed by atoms with E-state index in [9.17, 15) is 10.2 Å². The molecule has 0 aromatic heterocycles. The van der Waals surface area contributed by atoms with Crippen LogP contribution in [0.3, 0.4) is 0 Å². The molecule has 2 aliphatic carbocycles. The van der Waals surface area contributed by atoms with Crippen molar-refractivity contribution >= 4 is 0 Å². The van der Waals surface area contributed by atoms with Crippen molar-refractivity contribution in [1.82, 2.24) is 0 Å². The Balaban J connectivity index is 2.10. The average Bonchev–Trinajstić information content (AvgIpc) is 2.37. The Morgan fingerprint density at radius 1 is 0.727 bits per heavy atom. The lowest BCUT2D eigenvalue weighted by Crippen LogP contribution is -2.51. The average molecular weight is 311 g/mol. The fraction of sp³-hybridized carbons (Fsp3) is 1.00. The summed E-state index contributed by atoms with van der Waals surface area (Å²) >= 11 is 0. The molecule has 0 heterocycles. The van der Waals surface area contributed by atoms with E-state index in [-0.39, 0.29) is 23.0 Å². The number of hydrogen-bond donors (Lipinski definition) is 2. The van der Waals surface area contributed by atoms with Crippen LogP contribution in [0.2, 0.25) is 0 Å². The molecule has 130 valence electrons. The molecule has 0 aliphatic heterocycles. The quantitative estimate of drug-likeness (QED) is 0.797. The molecule has 0 radical (unpaired) electrons. The molecule has 2 aliphatic rings. The van der Waals surface area contributed by atoms with Gasteiger partial charge in [-0.1, -0.05) is 41.5 Å². The van der Waals surface area contributed by atoms with E-state index in [0.717, 1.165) is 25.7 Å². The molecule has 0 bridgehead atoms. The zero-order valence-electron chi connectivity index (χ0n) is 15.6. The molecule has 6 atom stereocenters. The second-order valence-electron chi connectivity index (χ2n) is 9.56. The van der Waals surface area contributed by atoms with Gasteiger partial charge < -0.3 is 10.2 Å². The maximum atomic E-state index is 10.7. The van der Waals surface area contributed by atoms with Crippen LogP contribution >= 0.6 is 0 Å². The van der Waals surface area contributed by atoms with Gasteiger partial charge >= 0.3 is 0 Å². The van der Waals surface area contributed by atoms with Crippen molar-refractivity contribution < 1.29 is 10.2 Å². The molecular formula is C20H38O2. The van der Waals surface area contributed by atoms with E-state index >= 15 is 0 Å². The maximum absolute atomic E-state index is 10.7. The third-order valence-corrected chi connectivity index (χ3v) is 7.54. The van der Waals surface area contributed by atoms with Crippen LogP contribution in [0.25, 0.3) is 0 Å². The highest BCUT2D eigenvalue weighted by Crippen LogP contribution is 2.58. The van der Waals surface area contributed by atoms with E-state index in [1.807, 2.05) is 0 Å². The van der Waals surface area contributed by atoms with Crippen molar-refractivity contribution in [2.24, 2.45) is 34.5 Å². The van der Waals surface area contributed by atoms with Gasteiger partial charge in [-0.15, -0.1) is 0 Å². The molecule has 22 heavy (non-hydrogen) atoms. The molecule has 2 fully saturated rings. The molecular weight excluding hydrogens is 272 g/mol. The van der Waals surface area contributed by atoms with E-state index in [0.29, 0.717) is 23.7 Å². The zero-order valence-corrected chi connectivity index (χ0v) is 15.6. The number of rotatable bonds is 3. The highest BCUT2D eigenvalue weighted by atomic mass is 16.3. The van der Waals surface area contributed by atoms with Crippen LogP contribution in [-0.2, 0) is 0 Å². The highest BCUT2D eigenvalue weighted by Gasteiger charge is 2.52. The molecule has 0 aromatic carbocycles. The number of hydrogen-bond acceptors (Lipinski definition) is 2. The fourth-order valence-corrected chi connectivity index (χ4v) is 5.44. The SMILES string of the molecule is CC(C)[C@@H]1CC[C@](C)([C@]2(C)CC[C@@H](C(C)C)[C@H](O)C2)C[C@H]1O. The van der Waals surface area contributed by atoms with Gasteiger partial charge in [0.2, 0.25) is 0 Å². The minimum Gasteiger partial charge on any atom is -0.393 e. The second kappa shape index (κ2) is 6.43. The molecule has 0 spiro atoms. The molecule has 2 nitrogen and oxygen atoms in total. The first-order valence-electron chi connectivity index (χ1n) is 9.46. The number of aliphatic hydroxyl groups is 2. The summed E-state index contributed by atoms with van der Waals surface area (Å²) in [5.74, 6) is 2.03. The smallest absolute Gasteiger partial charge is 0.0576 e. The normalized spacial score (nSPS) is 47.2. The van der Waals surface area contributed by atoms with Crippen LogP contribution in [-0.4, -0.2) is 22.4 Å². The molecule has 2 N–H and O–H groups in total. The third kappa shape index (κ3) is 3.24. The summed E-state index contributed by atoms with van der Waals surface area (Å²) < 4.78 is 0. The largest absolute Gasteiger partial charge is 0.393 e. The highest BCUT2D eigenvalue weighted by molar-refractivity contribution is 5.02. The van der Waals surface area contributed by atoms with Gasteiger partial charge in [-0.25, -0.2) is 0 Å². The third-order valence-electron chi connectivity index (χ3n) is 7.54. The minimum atomic E-state index is -0.171. The van der Waals surface area contributed by atoms with Crippen LogP contribution in [0.15, 0.2) is 0 Å². The van der Waals surface area contributed by atoms with Gasteiger partial charge in [0.05, 0.1) is 12.2 Å². The van der Waals surface area contributed by atoms with Crippen molar-refractivity contribution in [2.45, 2.75) is 92.3 Å². The van der Waals surface area contributed by atoms with Gasteiger partial charge in [0, 0.05) is 0 Å². The first-order chi connectivity index (χ1) is 10.1. The lowest BCUT2D eigenvalue weighted by Gasteiger charge is -2.56. The van der Waals surface area contributed by atoms with Crippen molar-refractivity contribution in [3.8, 4) is 0 Å². The second-order valence-corrected chi connectivity index (χ2v) is 9.56. The van der Waals surface area contributed by atoms with Gasteiger partial charge in [0.1, 0.15) is 0 Å². The fourth-order valence-electron chi connectivity index (χ4n) is 5.44. The Morgan fingerprint density at radius 3 is 1.27 bits per heavy atom. The molecule has 0 unspecified atom stereocenters. The van der Waals surface area contributed by atoms with Gasteiger partial charge in [0.25, 0.3) is 0 Å². The summed E-state index contributed by atoms with van der Waals surface area (Å²) in [6.07, 6.45) is 6.14. The van der Waals surface area contributed by atoms with Crippen molar-refractivity contribution in [3.05, 3.63) is 0 Å². The van der Waals surface area contributed by atoms with Crippen LogP contribution in [0.1, 0.15) is 80.1 Å². The van der Waals surface area contributed by atoms with Gasteiger partial charge in [-0.05, 0) is 73.0 Å². The molecule has 2 saturated carbocycles. The van der Waals surface area contributed by atoms with E-state index in [4.69, 9.17) is 0 Å². The summed E-state index contributed by atoms with van der Waals surface area (Å²) in [5.41, 5.74) is 0.335. The molecule has 0 aromatic rings. The standard InChI is InChI=1S/C20H38O2/c1-13(2)15-7-9-19(5,11-17(15)21)20(6)10-8-16(14(3)4)18(22)12-20/h13-18,21-22H,7-12H2,1-6H3/t15-,16-,17+,18+,19-,20+/m0/s1. The maximum Gasteiger partial charge on any atom is 0.0576 e. The Hall–Kier alpha value is -0.0800. The lowest BCUT2D eigenvalue weighted by atomic mass is 9.50. The Kier molecular flexibility index (Phi) is 5.34. The minimum absolute atomic E-state index is 0.167. The van der Waals surface area contributed by atoms with E-state index < -0.39 is 0 Å². The Labute approximate surface area is 137 Å². The predicted octanol–water partition coefficient (Wildman–Crippen LogP) is 4.63. The van der Waals surface area contributed by atoms with Crippen molar-refractivity contribution in [2.75, 3.05) is 0 Å². The van der Waals surface area contributed by atoms with Crippen LogP contribution < -0.4 is 0 Å².